The van der Waals surface area contributed by atoms with E-state index in [4.69, 9.17) is 0 Å². The lowest BCUT2D eigenvalue weighted by Crippen LogP contribution is -2.14. The van der Waals surface area contributed by atoms with Gasteiger partial charge in [-0.15, -0.1) is 17.9 Å². The van der Waals surface area contributed by atoms with Crippen LogP contribution in [-0.4, -0.2) is 17.4 Å². The molecule has 0 aliphatic carbocycles. The van der Waals surface area contributed by atoms with E-state index in [2.05, 4.69) is 30.5 Å². The minimum absolute atomic E-state index is 0.257. The van der Waals surface area contributed by atoms with E-state index in [1.54, 1.807) is 22.9 Å². The molecule has 1 aromatic heterocycles. The molecule has 0 unspecified atom stereocenters. The van der Waals surface area contributed by atoms with Crippen molar-refractivity contribution < 1.29 is 4.39 Å². The molecular weight excluding hydrogens is 309 g/mol. The highest BCUT2D eigenvalue weighted by Crippen LogP contribution is 2.23. The minimum atomic E-state index is -0.257. The summed E-state index contributed by atoms with van der Waals surface area (Å²) in [6.45, 7) is 8.48. The highest BCUT2D eigenvalue weighted by atomic mass is 32.1. The second-order valence-electron chi connectivity index (χ2n) is 5.17. The summed E-state index contributed by atoms with van der Waals surface area (Å²) in [5, 5.41) is 6.48. The molecule has 0 atom stereocenters. The van der Waals surface area contributed by atoms with Gasteiger partial charge in [-0.3, -0.25) is 4.99 Å². The molecule has 0 radical (unpaired) electrons. The molecule has 0 amide bonds. The van der Waals surface area contributed by atoms with Gasteiger partial charge < -0.3 is 0 Å². The van der Waals surface area contributed by atoms with Crippen LogP contribution in [0.15, 0.2) is 52.4 Å². The van der Waals surface area contributed by atoms with Gasteiger partial charge >= 0.3 is 0 Å². The third-order valence-corrected chi connectivity index (χ3v) is 4.49. The summed E-state index contributed by atoms with van der Waals surface area (Å²) in [7, 11) is 0. The highest BCUT2D eigenvalue weighted by Gasteiger charge is 2.11. The predicted molar refractivity (Wildman–Crippen MR) is 96.3 cm³/mol. The quantitative estimate of drug-likeness (QED) is 0.519. The fourth-order valence-electron chi connectivity index (χ4n) is 2.18. The van der Waals surface area contributed by atoms with Gasteiger partial charge in [-0.1, -0.05) is 32.1 Å². The fourth-order valence-corrected chi connectivity index (χ4v) is 3.02. The summed E-state index contributed by atoms with van der Waals surface area (Å²) < 4.78 is 15.9. The zero-order valence-electron chi connectivity index (χ0n) is 13.6. The molecule has 3 nitrogen and oxygen atoms in total. The Labute approximate surface area is 140 Å². The van der Waals surface area contributed by atoms with Gasteiger partial charge in [0.2, 0.25) is 4.80 Å². The van der Waals surface area contributed by atoms with E-state index in [1.807, 2.05) is 17.7 Å². The number of hydrogen-bond donors (Lipinski definition) is 0. The van der Waals surface area contributed by atoms with Crippen molar-refractivity contribution >= 4 is 17.6 Å². The molecular formula is C18H22FN3S. The lowest BCUT2D eigenvalue weighted by molar-refractivity contribution is 0.628. The molecule has 1 heterocycles. The first-order valence-electron chi connectivity index (χ1n) is 7.82. The van der Waals surface area contributed by atoms with E-state index in [-0.39, 0.29) is 5.82 Å². The zero-order valence-corrected chi connectivity index (χ0v) is 14.4. The molecule has 0 saturated carbocycles. The Hall–Kier alpha value is -2.01. The standard InChI is InChI=1S/C18H22FN3S/c1-4-11-20-18-22(21-12-14(5-2)6-3)17(13-23-18)15-9-7-8-10-16(15)19/h4,7-10,12-14H,1,5-6,11H2,2-3H3. The molecule has 0 spiro atoms. The van der Waals surface area contributed by atoms with E-state index in [0.29, 0.717) is 18.0 Å². The number of rotatable bonds is 7. The van der Waals surface area contributed by atoms with E-state index in [0.717, 1.165) is 23.3 Å². The second kappa shape index (κ2) is 8.58. The van der Waals surface area contributed by atoms with Gasteiger partial charge in [0.05, 0.1) is 12.2 Å². The smallest absolute Gasteiger partial charge is 0.206 e. The van der Waals surface area contributed by atoms with Crippen LogP contribution in [0, 0.1) is 11.7 Å². The minimum Gasteiger partial charge on any atom is -0.253 e. The number of thiazole rings is 1. The van der Waals surface area contributed by atoms with Crippen molar-refractivity contribution in [2.45, 2.75) is 26.7 Å². The average Bonchev–Trinajstić information content (AvgIpc) is 2.97. The first-order chi connectivity index (χ1) is 11.2. The molecule has 23 heavy (non-hydrogen) atoms. The van der Waals surface area contributed by atoms with Crippen molar-refractivity contribution in [3.63, 3.8) is 0 Å². The van der Waals surface area contributed by atoms with Crippen molar-refractivity contribution in [3.05, 3.63) is 52.9 Å². The largest absolute Gasteiger partial charge is 0.253 e. The van der Waals surface area contributed by atoms with Crippen LogP contribution in [0.3, 0.4) is 0 Å². The maximum Gasteiger partial charge on any atom is 0.206 e. The normalized spacial score (nSPS) is 12.4. The molecule has 2 aromatic rings. The first-order valence-corrected chi connectivity index (χ1v) is 8.70. The van der Waals surface area contributed by atoms with Crippen LogP contribution in [0.4, 0.5) is 4.39 Å². The molecule has 0 saturated heterocycles. The fraction of sp³-hybridized carbons (Fsp3) is 0.333. The molecule has 0 fully saturated rings. The van der Waals surface area contributed by atoms with Crippen molar-refractivity contribution in [3.8, 4) is 11.3 Å². The van der Waals surface area contributed by atoms with E-state index < -0.39 is 0 Å². The SMILES string of the molecule is C=CCN=c1scc(-c2ccccc2F)n1N=CC(CC)CC. The zero-order chi connectivity index (χ0) is 16.7. The Morgan fingerprint density at radius 1 is 1.30 bits per heavy atom. The first kappa shape index (κ1) is 17.3. The number of halogens is 1. The van der Waals surface area contributed by atoms with Crippen LogP contribution in [0.25, 0.3) is 11.3 Å². The van der Waals surface area contributed by atoms with Gasteiger partial charge in [0.1, 0.15) is 5.82 Å². The molecule has 0 bridgehead atoms. The third kappa shape index (κ3) is 4.26. The third-order valence-electron chi connectivity index (χ3n) is 3.63. The molecule has 5 heteroatoms. The van der Waals surface area contributed by atoms with Gasteiger partial charge in [-0.05, 0) is 30.9 Å². The number of nitrogens with zero attached hydrogens (tertiary/aromatic N) is 3. The van der Waals surface area contributed by atoms with Gasteiger partial charge in [0.15, 0.2) is 0 Å². The van der Waals surface area contributed by atoms with Gasteiger partial charge in [-0.25, -0.2) is 9.07 Å². The van der Waals surface area contributed by atoms with Crippen molar-refractivity contribution in [2.24, 2.45) is 16.0 Å². The Balaban J connectivity index is 2.54. The molecule has 2 rings (SSSR count). The van der Waals surface area contributed by atoms with Gasteiger partial charge in [-0.2, -0.15) is 5.10 Å². The summed E-state index contributed by atoms with van der Waals surface area (Å²) in [4.78, 5) is 5.20. The lowest BCUT2D eigenvalue weighted by atomic mass is 10.1. The monoisotopic (exact) mass is 331 g/mol. The van der Waals surface area contributed by atoms with E-state index in [1.165, 1.54) is 17.4 Å². The van der Waals surface area contributed by atoms with Crippen LogP contribution < -0.4 is 4.80 Å². The van der Waals surface area contributed by atoms with Crippen molar-refractivity contribution in [1.82, 2.24) is 4.68 Å². The van der Waals surface area contributed by atoms with Crippen molar-refractivity contribution in [2.75, 3.05) is 6.54 Å². The van der Waals surface area contributed by atoms with Gasteiger partial charge in [0.25, 0.3) is 0 Å². The van der Waals surface area contributed by atoms with Crippen molar-refractivity contribution in [1.29, 1.82) is 0 Å². The van der Waals surface area contributed by atoms with Crippen LogP contribution in [0.5, 0.6) is 0 Å². The lowest BCUT2D eigenvalue weighted by Gasteiger charge is -2.07. The van der Waals surface area contributed by atoms with Gasteiger partial charge in [0, 0.05) is 17.2 Å². The molecule has 0 aliphatic heterocycles. The van der Waals surface area contributed by atoms with E-state index in [9.17, 15) is 4.39 Å². The Morgan fingerprint density at radius 2 is 2.04 bits per heavy atom. The second-order valence-corrected chi connectivity index (χ2v) is 6.00. The Kier molecular flexibility index (Phi) is 6.47. The maximum atomic E-state index is 14.1. The van der Waals surface area contributed by atoms with Crippen LogP contribution in [-0.2, 0) is 0 Å². The van der Waals surface area contributed by atoms with Crippen LogP contribution >= 0.6 is 11.3 Å². The molecule has 0 N–H and O–H groups in total. The number of hydrogen-bond acceptors (Lipinski definition) is 3. The summed E-state index contributed by atoms with van der Waals surface area (Å²) in [6, 6.07) is 6.73. The molecule has 0 aliphatic rings. The topological polar surface area (TPSA) is 29.6 Å². The predicted octanol–water partition coefficient (Wildman–Crippen LogP) is 4.71. The van der Waals surface area contributed by atoms with Crippen LogP contribution in [0.1, 0.15) is 26.7 Å². The number of aromatic nitrogens is 1. The molecule has 122 valence electrons. The summed E-state index contributed by atoms with van der Waals surface area (Å²) >= 11 is 1.45. The summed E-state index contributed by atoms with van der Waals surface area (Å²) in [5.74, 6) is 0.148. The van der Waals surface area contributed by atoms with E-state index >= 15 is 0 Å². The highest BCUT2D eigenvalue weighted by molar-refractivity contribution is 7.07. The Morgan fingerprint density at radius 3 is 2.70 bits per heavy atom. The Bertz CT molecular complexity index is 739. The molecule has 1 aromatic carbocycles. The van der Waals surface area contributed by atoms with Crippen LogP contribution in [0.2, 0.25) is 0 Å². The summed E-state index contributed by atoms with van der Waals surface area (Å²) in [5.41, 5.74) is 1.25. The number of benzene rings is 1. The average molecular weight is 331 g/mol. The summed E-state index contributed by atoms with van der Waals surface area (Å²) in [6.07, 6.45) is 5.72. The maximum absolute atomic E-state index is 14.1.